The van der Waals surface area contributed by atoms with Crippen LogP contribution in [0.2, 0.25) is 0 Å². The van der Waals surface area contributed by atoms with Crippen LogP contribution in [0.1, 0.15) is 37.1 Å². The number of hydrogen-bond donors (Lipinski definition) is 0. The highest BCUT2D eigenvalue weighted by molar-refractivity contribution is 7.26. The van der Waals surface area contributed by atoms with Crippen molar-refractivity contribution < 1.29 is 31.5 Å². The number of benzene rings is 10. The number of nitrogens with zero attached hydrogens (tertiary/aromatic N) is 8. The van der Waals surface area contributed by atoms with Gasteiger partial charge >= 0.3 is 0 Å². The van der Waals surface area contributed by atoms with E-state index in [9.17, 15) is 24.5 Å². The Morgan fingerprint density at radius 3 is 1.51 bits per heavy atom. The summed E-state index contributed by atoms with van der Waals surface area (Å²) in [5, 5.41) is 11.1. The van der Waals surface area contributed by atoms with Gasteiger partial charge in [0.1, 0.15) is 0 Å². The van der Waals surface area contributed by atoms with Gasteiger partial charge in [0.15, 0.2) is 5.82 Å². The van der Waals surface area contributed by atoms with Gasteiger partial charge in [0.05, 0.1) is 104 Å². The molecule has 16 rings (SSSR count). The summed E-state index contributed by atoms with van der Waals surface area (Å²) in [6.45, 7) is 0. The molecule has 6 heterocycles. The number of thiophene rings is 1. The summed E-state index contributed by atoms with van der Waals surface area (Å²) in [5.74, 6) is -2.07. The minimum Gasteiger partial charge on any atom is -0.308 e. The number of aromatic nitrogens is 7. The monoisotopic (exact) mass is 971 g/mol. The SMILES string of the molecule is [2H]c1c([2H])c([2H])c2c(c1[2H])c1c([2H])c([2H])c([2H])c([2H])c1n2-c1nc(-c2c(-n3c4c([2H])c([2H])c([2H])c([2H])c4c4c([2H])c(C#N)c([2H])c([2H])c43)cccc2-n2c3ccccc3c3ccc4sc5ccccc5c4c32)nc(-n2c3c([2H])c([2H])c([2H])c([2H])c3c3c([2H])c([2H])c([2H])c([2H])c32)n1. The lowest BCUT2D eigenvalue weighted by Crippen LogP contribution is -2.12. The van der Waals surface area contributed by atoms with Crippen molar-refractivity contribution in [2.24, 2.45) is 0 Å². The molecule has 0 spiro atoms. The Bertz CT molecular complexity index is 6140. The van der Waals surface area contributed by atoms with Crippen LogP contribution in [0.15, 0.2) is 218 Å². The molecule has 0 N–H and O–H groups in total. The Kier molecular flexibility index (Phi) is 4.92. The summed E-state index contributed by atoms with van der Waals surface area (Å²) in [7, 11) is 0. The van der Waals surface area contributed by atoms with Gasteiger partial charge < -0.3 is 9.13 Å². The Labute approximate surface area is 452 Å². The summed E-state index contributed by atoms with van der Waals surface area (Å²) in [4.78, 5) is 15.4. The largest absolute Gasteiger partial charge is 0.308 e. The first-order valence-corrected chi connectivity index (χ1v) is 23.3. The van der Waals surface area contributed by atoms with Crippen molar-refractivity contribution in [2.75, 3.05) is 0 Å². The zero-order valence-electron chi connectivity index (χ0n) is 60.0. The third kappa shape index (κ3) is 5.55. The summed E-state index contributed by atoms with van der Waals surface area (Å²) in [6, 6.07) is 7.58. The van der Waals surface area contributed by atoms with Crippen LogP contribution in [0.25, 0.3) is 142 Å². The number of hydrogen-bond acceptors (Lipinski definition) is 5. The van der Waals surface area contributed by atoms with Crippen LogP contribution in [-0.4, -0.2) is 33.2 Å². The fraction of sp³-hybridized carbons (Fsp3) is 0. The summed E-state index contributed by atoms with van der Waals surface area (Å²) >= 11 is 1.51. The minimum absolute atomic E-state index is 0.106. The third-order valence-corrected chi connectivity index (χ3v) is 14.4. The first-order chi connectivity index (χ1) is 45.8. The fourth-order valence-corrected chi connectivity index (χ4v) is 11.5. The molecule has 9 heteroatoms. The molecule has 0 amide bonds. The van der Waals surface area contributed by atoms with E-state index in [1.54, 1.807) is 18.2 Å². The number of para-hydroxylation sites is 6. The average molecular weight is 972 g/mol. The van der Waals surface area contributed by atoms with Gasteiger partial charge in [-0.2, -0.15) is 20.2 Å². The van der Waals surface area contributed by atoms with Crippen LogP contribution < -0.4 is 0 Å². The predicted molar refractivity (Wildman–Crippen MR) is 300 cm³/mol. The Morgan fingerprint density at radius 2 is 0.904 bits per heavy atom. The maximum Gasteiger partial charge on any atom is 0.240 e. The van der Waals surface area contributed by atoms with Crippen molar-refractivity contribution in [2.45, 2.75) is 0 Å². The van der Waals surface area contributed by atoms with E-state index >= 15 is 0 Å². The lowest BCUT2D eigenvalue weighted by molar-refractivity contribution is 0.891. The first-order valence-electron chi connectivity index (χ1n) is 34.0. The van der Waals surface area contributed by atoms with E-state index in [1.807, 2.05) is 65.2 Å². The molecular formula is C64H36N8S. The molecule has 73 heavy (non-hydrogen) atoms. The topological polar surface area (TPSA) is 82.2 Å². The van der Waals surface area contributed by atoms with E-state index in [1.165, 1.54) is 22.0 Å². The quantitative estimate of drug-likeness (QED) is 0.172. The zero-order valence-corrected chi connectivity index (χ0v) is 37.8. The van der Waals surface area contributed by atoms with Crippen molar-refractivity contribution in [1.82, 2.24) is 33.2 Å². The molecule has 0 fully saturated rings. The summed E-state index contributed by atoms with van der Waals surface area (Å²) in [6.07, 6.45) is 0. The molecule has 6 aromatic heterocycles. The molecule has 10 aromatic carbocycles. The molecular weight excluding hydrogens is 913 g/mol. The minimum atomic E-state index is -0.842. The second-order valence-electron chi connectivity index (χ2n) is 16.9. The maximum absolute atomic E-state index is 10.5. The Morgan fingerprint density at radius 1 is 0.397 bits per heavy atom. The molecule has 0 aliphatic heterocycles. The van der Waals surface area contributed by atoms with Gasteiger partial charge in [-0.1, -0.05) is 139 Å². The van der Waals surface area contributed by atoms with Crippen molar-refractivity contribution in [1.29, 1.82) is 5.26 Å². The van der Waals surface area contributed by atoms with E-state index in [-0.39, 0.29) is 38.7 Å². The van der Waals surface area contributed by atoms with Crippen LogP contribution in [0.4, 0.5) is 0 Å². The van der Waals surface area contributed by atoms with Gasteiger partial charge in [0.25, 0.3) is 0 Å². The van der Waals surface area contributed by atoms with Crippen molar-refractivity contribution >= 4 is 119 Å². The molecule has 0 aliphatic rings. The maximum atomic E-state index is 10.5. The summed E-state index contributed by atoms with van der Waals surface area (Å²) < 4.78 is 221. The third-order valence-electron chi connectivity index (χ3n) is 13.2. The van der Waals surface area contributed by atoms with E-state index in [0.29, 0.717) is 21.8 Å². The van der Waals surface area contributed by atoms with Crippen LogP contribution in [0, 0.1) is 11.3 Å². The molecule has 0 bridgehead atoms. The molecule has 0 atom stereocenters. The van der Waals surface area contributed by atoms with Gasteiger partial charge in [0.2, 0.25) is 11.9 Å². The lowest BCUT2D eigenvalue weighted by Gasteiger charge is -2.20. The molecule has 0 saturated heterocycles. The standard InChI is InChI=1S/C64H36N8S/c65-37-38-32-34-54-47(36-38)44-21-6-8-23-48(44)69(54)55-29-15-30-56(70-49-24-9-5-20-43(49)45-33-35-58-59(61(45)70)46-22-7-14-31-57(46)73-58)60(55)62-66-63(71-50-25-10-1-16-39(50)40-17-2-11-26-51(40)71)68-64(67-62)72-52-27-12-3-18-41(52)42-19-4-13-28-53(42)72/h1-36H/i1D,2D,3D,4D,6D,8D,10D,11D,12D,13D,16D,17D,18D,19D,21D,23D,25D,26D,27D,28D,32D,34D,36D. The van der Waals surface area contributed by atoms with E-state index in [4.69, 9.17) is 27.3 Å². The van der Waals surface area contributed by atoms with Crippen molar-refractivity contribution in [3.63, 3.8) is 0 Å². The normalized spacial score (nSPS) is 16.5. The van der Waals surface area contributed by atoms with Crippen LogP contribution in [0.3, 0.4) is 0 Å². The number of nitriles is 1. The highest BCUT2D eigenvalue weighted by Gasteiger charge is 2.28. The van der Waals surface area contributed by atoms with Gasteiger partial charge in [-0.25, -0.2) is 0 Å². The van der Waals surface area contributed by atoms with Crippen LogP contribution in [0.5, 0.6) is 0 Å². The molecule has 0 aliphatic carbocycles. The number of fused-ring (bicyclic) bond motifs is 16. The summed E-state index contributed by atoms with van der Waals surface area (Å²) in [5.41, 5.74) is -2.61. The average Bonchev–Trinajstić information content (AvgIpc) is 1.55. The van der Waals surface area contributed by atoms with E-state index in [2.05, 4.69) is 0 Å². The van der Waals surface area contributed by atoms with Crippen LogP contribution in [-0.2, 0) is 0 Å². The molecule has 0 unspecified atom stereocenters. The van der Waals surface area contributed by atoms with Gasteiger partial charge in [-0.15, -0.1) is 11.3 Å². The van der Waals surface area contributed by atoms with Gasteiger partial charge in [0, 0.05) is 63.3 Å². The smallest absolute Gasteiger partial charge is 0.240 e. The van der Waals surface area contributed by atoms with E-state index in [0.717, 1.165) is 29.3 Å². The van der Waals surface area contributed by atoms with E-state index < -0.39 is 206 Å². The van der Waals surface area contributed by atoms with Crippen molar-refractivity contribution in [3.8, 4) is 40.7 Å². The second-order valence-corrected chi connectivity index (χ2v) is 18.0. The highest BCUT2D eigenvalue weighted by Crippen LogP contribution is 2.46. The second kappa shape index (κ2) is 15.1. The zero-order chi connectivity index (χ0) is 67.9. The highest BCUT2D eigenvalue weighted by atomic mass is 32.1. The molecule has 16 aromatic rings. The van der Waals surface area contributed by atoms with Gasteiger partial charge in [-0.05, 0) is 78.7 Å². The molecule has 0 saturated carbocycles. The fourth-order valence-electron chi connectivity index (χ4n) is 10.4. The van der Waals surface area contributed by atoms with Gasteiger partial charge in [-0.3, -0.25) is 9.13 Å². The van der Waals surface area contributed by atoms with Crippen LogP contribution >= 0.6 is 11.3 Å². The number of rotatable bonds is 5. The first kappa shape index (κ1) is 23.8. The molecule has 338 valence electrons. The molecule has 8 nitrogen and oxygen atoms in total. The molecule has 0 radical (unpaired) electrons. The lowest BCUT2D eigenvalue weighted by atomic mass is 10.1. The Balaban J connectivity index is 1.22. The Hall–Kier alpha value is -9.88. The van der Waals surface area contributed by atoms with Crippen molar-refractivity contribution in [3.05, 3.63) is 223 Å². The predicted octanol–water partition coefficient (Wildman–Crippen LogP) is 16.2.